The van der Waals surface area contributed by atoms with Gasteiger partial charge in [-0.1, -0.05) is 20.8 Å². The fourth-order valence-corrected chi connectivity index (χ4v) is 2.24. The number of aliphatic hydroxyl groups is 1. The van der Waals surface area contributed by atoms with Crippen LogP contribution in [0.3, 0.4) is 0 Å². The average molecular weight is 288 g/mol. The van der Waals surface area contributed by atoms with Crippen LogP contribution in [-0.2, 0) is 19.1 Å². The molecule has 0 aromatic rings. The van der Waals surface area contributed by atoms with Crippen molar-refractivity contribution in [3.05, 3.63) is 0 Å². The summed E-state index contributed by atoms with van der Waals surface area (Å²) in [5.74, 6) is -1.22. The molecule has 0 unspecified atom stereocenters. The Morgan fingerprint density at radius 1 is 0.850 bits per heavy atom. The highest BCUT2D eigenvalue weighted by molar-refractivity contribution is 6.00. The number of carbonyl (C=O) groups excluding carboxylic acids is 2. The van der Waals surface area contributed by atoms with Crippen LogP contribution in [0.25, 0.3) is 0 Å². The molecule has 0 spiro atoms. The van der Waals surface area contributed by atoms with E-state index < -0.39 is 23.0 Å². The molecule has 0 rings (SSSR count). The van der Waals surface area contributed by atoms with E-state index in [-0.39, 0.29) is 26.1 Å². The van der Waals surface area contributed by atoms with Crippen LogP contribution < -0.4 is 0 Å². The van der Waals surface area contributed by atoms with E-state index in [1.165, 1.54) is 0 Å². The first-order valence-corrected chi connectivity index (χ1v) is 7.42. The first-order chi connectivity index (χ1) is 9.35. The summed E-state index contributed by atoms with van der Waals surface area (Å²) >= 11 is 0. The molecule has 0 aliphatic rings. The van der Waals surface area contributed by atoms with Gasteiger partial charge in [-0.25, -0.2) is 0 Å². The second-order valence-corrected chi connectivity index (χ2v) is 4.98. The molecule has 0 saturated carbocycles. The normalized spacial score (nSPS) is 12.1. The Labute approximate surface area is 121 Å². The number of rotatable bonds is 9. The van der Waals surface area contributed by atoms with E-state index in [2.05, 4.69) is 0 Å². The number of hydrogen-bond acceptors (Lipinski definition) is 5. The zero-order valence-electron chi connectivity index (χ0n) is 13.3. The van der Waals surface area contributed by atoms with Crippen LogP contribution in [0, 0.1) is 5.41 Å². The first kappa shape index (κ1) is 18.9. The Morgan fingerprint density at radius 2 is 1.25 bits per heavy atom. The molecular formula is C15H28O5. The van der Waals surface area contributed by atoms with Crippen LogP contribution in [0.4, 0.5) is 0 Å². The molecule has 0 fully saturated rings. The minimum atomic E-state index is -1.42. The van der Waals surface area contributed by atoms with E-state index in [1.807, 2.05) is 13.8 Å². The second kappa shape index (κ2) is 8.25. The third-order valence-electron chi connectivity index (χ3n) is 3.88. The molecule has 0 heterocycles. The molecule has 1 N–H and O–H groups in total. The highest BCUT2D eigenvalue weighted by atomic mass is 16.6. The fraction of sp³-hybridized carbons (Fsp3) is 0.867. The molecule has 0 aliphatic carbocycles. The Balaban J connectivity index is 5.52. The molecule has 0 aromatic carbocycles. The van der Waals surface area contributed by atoms with Crippen LogP contribution in [-0.4, -0.2) is 35.9 Å². The number of carbonyl (C=O) groups is 2. The van der Waals surface area contributed by atoms with E-state index in [0.29, 0.717) is 12.8 Å². The standard InChI is InChI=1S/C15H28O5/c1-6-14(18,7-2)11-15(8-3,12(16)19-9-4)13(17)20-10-5/h18H,6-11H2,1-5H3. The molecule has 118 valence electrons. The summed E-state index contributed by atoms with van der Waals surface area (Å²) in [6.07, 6.45) is 1.20. The van der Waals surface area contributed by atoms with E-state index in [9.17, 15) is 14.7 Å². The predicted molar refractivity (Wildman–Crippen MR) is 76.1 cm³/mol. The Kier molecular flexibility index (Phi) is 7.79. The van der Waals surface area contributed by atoms with Crippen LogP contribution in [0.2, 0.25) is 0 Å². The van der Waals surface area contributed by atoms with E-state index in [4.69, 9.17) is 9.47 Å². The minimum Gasteiger partial charge on any atom is -0.465 e. The highest BCUT2D eigenvalue weighted by Crippen LogP contribution is 2.38. The van der Waals surface area contributed by atoms with Crippen molar-refractivity contribution in [3.8, 4) is 0 Å². The molecular weight excluding hydrogens is 260 g/mol. The van der Waals surface area contributed by atoms with Gasteiger partial charge in [0.1, 0.15) is 0 Å². The summed E-state index contributed by atoms with van der Waals surface area (Å²) in [6.45, 7) is 9.16. The van der Waals surface area contributed by atoms with Gasteiger partial charge >= 0.3 is 11.9 Å². The second-order valence-electron chi connectivity index (χ2n) is 4.98. The minimum absolute atomic E-state index is 0.0289. The highest BCUT2D eigenvalue weighted by Gasteiger charge is 2.51. The quantitative estimate of drug-likeness (QED) is 0.521. The van der Waals surface area contributed by atoms with Gasteiger partial charge < -0.3 is 14.6 Å². The van der Waals surface area contributed by atoms with Crippen molar-refractivity contribution in [3.63, 3.8) is 0 Å². The first-order valence-electron chi connectivity index (χ1n) is 7.42. The average Bonchev–Trinajstić information content (AvgIpc) is 2.45. The topological polar surface area (TPSA) is 72.8 Å². The van der Waals surface area contributed by atoms with E-state index in [0.717, 1.165) is 0 Å². The SMILES string of the molecule is CCOC(=O)C(CC)(CC(O)(CC)CC)C(=O)OCC. The Morgan fingerprint density at radius 3 is 1.50 bits per heavy atom. The predicted octanol–water partition coefficient (Wildman–Crippen LogP) is 2.45. The maximum absolute atomic E-state index is 12.3. The van der Waals surface area contributed by atoms with Crippen molar-refractivity contribution in [2.24, 2.45) is 5.41 Å². The van der Waals surface area contributed by atoms with Gasteiger partial charge in [0.25, 0.3) is 0 Å². The lowest BCUT2D eigenvalue weighted by atomic mass is 9.73. The summed E-state index contributed by atoms with van der Waals surface area (Å²) < 4.78 is 10.1. The van der Waals surface area contributed by atoms with Crippen molar-refractivity contribution < 1.29 is 24.2 Å². The van der Waals surface area contributed by atoms with Gasteiger partial charge in [-0.3, -0.25) is 9.59 Å². The molecule has 5 nitrogen and oxygen atoms in total. The van der Waals surface area contributed by atoms with Gasteiger partial charge in [0, 0.05) is 6.42 Å². The molecule has 0 aromatic heterocycles. The molecule has 20 heavy (non-hydrogen) atoms. The summed E-state index contributed by atoms with van der Waals surface area (Å²) in [6, 6.07) is 0. The molecule has 0 radical (unpaired) electrons. The molecule has 0 amide bonds. The van der Waals surface area contributed by atoms with Gasteiger partial charge in [-0.2, -0.15) is 0 Å². The molecule has 0 atom stereocenters. The zero-order chi connectivity index (χ0) is 15.8. The number of esters is 2. The maximum Gasteiger partial charge on any atom is 0.323 e. The van der Waals surface area contributed by atoms with Gasteiger partial charge in [0.2, 0.25) is 0 Å². The smallest absolute Gasteiger partial charge is 0.323 e. The Hall–Kier alpha value is -1.10. The third kappa shape index (κ3) is 4.20. The molecule has 0 bridgehead atoms. The Bertz CT molecular complexity index is 302. The van der Waals surface area contributed by atoms with Gasteiger partial charge in [0.15, 0.2) is 5.41 Å². The molecule has 0 aliphatic heterocycles. The van der Waals surface area contributed by atoms with Gasteiger partial charge in [0.05, 0.1) is 18.8 Å². The van der Waals surface area contributed by atoms with Crippen LogP contribution in [0.5, 0.6) is 0 Å². The largest absolute Gasteiger partial charge is 0.465 e. The monoisotopic (exact) mass is 288 g/mol. The lowest BCUT2D eigenvalue weighted by Crippen LogP contribution is -2.48. The summed E-state index contributed by atoms with van der Waals surface area (Å²) in [5.41, 5.74) is -2.50. The van der Waals surface area contributed by atoms with E-state index in [1.54, 1.807) is 20.8 Å². The third-order valence-corrected chi connectivity index (χ3v) is 3.88. The fourth-order valence-electron chi connectivity index (χ4n) is 2.24. The van der Waals surface area contributed by atoms with Gasteiger partial charge in [-0.15, -0.1) is 0 Å². The summed E-state index contributed by atoms with van der Waals surface area (Å²) in [4.78, 5) is 24.6. The summed E-state index contributed by atoms with van der Waals surface area (Å²) in [7, 11) is 0. The van der Waals surface area contributed by atoms with Crippen LogP contribution in [0.1, 0.15) is 60.3 Å². The number of hydrogen-bond donors (Lipinski definition) is 1. The van der Waals surface area contributed by atoms with Crippen LogP contribution >= 0.6 is 0 Å². The lowest BCUT2D eigenvalue weighted by molar-refractivity contribution is -0.178. The summed E-state index contributed by atoms with van der Waals surface area (Å²) in [5, 5.41) is 10.5. The van der Waals surface area contributed by atoms with Crippen molar-refractivity contribution in [1.29, 1.82) is 0 Å². The molecule has 0 saturated heterocycles. The lowest BCUT2D eigenvalue weighted by Gasteiger charge is -2.36. The maximum atomic E-state index is 12.3. The van der Waals surface area contributed by atoms with Crippen molar-refractivity contribution >= 4 is 11.9 Å². The van der Waals surface area contributed by atoms with E-state index >= 15 is 0 Å². The number of ether oxygens (including phenoxy) is 2. The zero-order valence-corrected chi connectivity index (χ0v) is 13.3. The van der Waals surface area contributed by atoms with Crippen LogP contribution in [0.15, 0.2) is 0 Å². The van der Waals surface area contributed by atoms with Crippen molar-refractivity contribution in [2.75, 3.05) is 13.2 Å². The van der Waals surface area contributed by atoms with Gasteiger partial charge in [-0.05, 0) is 33.1 Å². The van der Waals surface area contributed by atoms with Crippen molar-refractivity contribution in [1.82, 2.24) is 0 Å². The molecule has 5 heteroatoms. The van der Waals surface area contributed by atoms with Crippen molar-refractivity contribution in [2.45, 2.75) is 65.9 Å².